The summed E-state index contributed by atoms with van der Waals surface area (Å²) in [6, 6.07) is 17.7. The molecule has 0 spiro atoms. The molecule has 0 saturated carbocycles. The number of esters is 1. The first-order chi connectivity index (χ1) is 17.3. The van der Waals surface area contributed by atoms with Crippen LogP contribution in [0.15, 0.2) is 83.5 Å². The van der Waals surface area contributed by atoms with E-state index in [9.17, 15) is 24.5 Å². The van der Waals surface area contributed by atoms with Gasteiger partial charge in [0.1, 0.15) is 16.5 Å². The van der Waals surface area contributed by atoms with Crippen LogP contribution in [-0.4, -0.2) is 29.3 Å². The Balaban J connectivity index is 1.47. The Morgan fingerprint density at radius 1 is 1.00 bits per heavy atom. The van der Waals surface area contributed by atoms with Gasteiger partial charge in [0.05, 0.1) is 22.8 Å². The topological polar surface area (TPSA) is 128 Å². The Bertz CT molecular complexity index is 1390. The number of carbonyl (C=O) groups is 3. The molecule has 0 aliphatic carbocycles. The lowest BCUT2D eigenvalue weighted by Gasteiger charge is -2.15. The van der Waals surface area contributed by atoms with E-state index in [1.165, 1.54) is 48.5 Å². The fourth-order valence-electron chi connectivity index (χ4n) is 3.39. The molecule has 0 radical (unpaired) electrons. The molecule has 0 saturated heterocycles. The molecule has 0 bridgehead atoms. The van der Waals surface area contributed by atoms with Gasteiger partial charge in [0, 0.05) is 11.8 Å². The lowest BCUT2D eigenvalue weighted by atomic mass is 10.2. The number of hydrogen-bond donors (Lipinski definition) is 1. The summed E-state index contributed by atoms with van der Waals surface area (Å²) < 4.78 is 10.5. The molecule has 2 amide bonds. The Labute approximate surface area is 209 Å². The van der Waals surface area contributed by atoms with Crippen molar-refractivity contribution in [1.82, 2.24) is 0 Å². The third-order valence-corrected chi connectivity index (χ3v) is 5.44. The smallest absolute Gasteiger partial charge is 0.343 e. The molecule has 10 nitrogen and oxygen atoms in total. The minimum Gasteiger partial charge on any atom is -0.494 e. The van der Waals surface area contributed by atoms with E-state index in [1.54, 1.807) is 24.3 Å². The van der Waals surface area contributed by atoms with Crippen LogP contribution >= 0.6 is 11.6 Å². The van der Waals surface area contributed by atoms with Crippen LogP contribution in [0.5, 0.6) is 11.5 Å². The Kier molecular flexibility index (Phi) is 6.98. The maximum absolute atomic E-state index is 12.9. The van der Waals surface area contributed by atoms with E-state index in [1.807, 2.05) is 6.92 Å². The van der Waals surface area contributed by atoms with Crippen LogP contribution in [0.3, 0.4) is 0 Å². The quantitative estimate of drug-likeness (QED) is 0.153. The molecule has 1 heterocycles. The van der Waals surface area contributed by atoms with Gasteiger partial charge in [-0.15, -0.1) is 0 Å². The number of anilines is 2. The molecule has 1 N–H and O–H groups in total. The second-order valence-corrected chi connectivity index (χ2v) is 7.76. The van der Waals surface area contributed by atoms with E-state index in [0.717, 1.165) is 4.90 Å². The van der Waals surface area contributed by atoms with Gasteiger partial charge in [-0.25, -0.2) is 9.69 Å². The van der Waals surface area contributed by atoms with Crippen LogP contribution in [0.25, 0.3) is 0 Å². The zero-order chi connectivity index (χ0) is 25.8. The number of hydrogen-bond acceptors (Lipinski definition) is 8. The van der Waals surface area contributed by atoms with Crippen molar-refractivity contribution in [2.75, 3.05) is 16.8 Å². The number of rotatable bonds is 8. The van der Waals surface area contributed by atoms with Gasteiger partial charge < -0.3 is 14.8 Å². The summed E-state index contributed by atoms with van der Waals surface area (Å²) in [6.07, 6.45) is 0. The van der Waals surface area contributed by atoms with Gasteiger partial charge in [-0.1, -0.05) is 23.7 Å². The van der Waals surface area contributed by atoms with Crippen molar-refractivity contribution in [3.63, 3.8) is 0 Å². The largest absolute Gasteiger partial charge is 0.494 e. The molecule has 182 valence electrons. The van der Waals surface area contributed by atoms with Gasteiger partial charge in [0.15, 0.2) is 0 Å². The minimum absolute atomic E-state index is 0.114. The molecular formula is C25H18ClN3O7. The Hall–Kier alpha value is -4.70. The van der Waals surface area contributed by atoms with Gasteiger partial charge in [-0.05, 0) is 61.5 Å². The van der Waals surface area contributed by atoms with Gasteiger partial charge >= 0.3 is 11.7 Å². The number of nitrogens with one attached hydrogen (secondary N) is 1. The highest BCUT2D eigenvalue weighted by molar-refractivity contribution is 6.53. The molecular weight excluding hydrogens is 490 g/mol. The summed E-state index contributed by atoms with van der Waals surface area (Å²) in [4.78, 5) is 49.5. The summed E-state index contributed by atoms with van der Waals surface area (Å²) in [6.45, 7) is 2.32. The highest BCUT2D eigenvalue weighted by Gasteiger charge is 2.39. The van der Waals surface area contributed by atoms with E-state index in [-0.39, 0.29) is 27.7 Å². The van der Waals surface area contributed by atoms with Gasteiger partial charge in [0.2, 0.25) is 5.75 Å². The average Bonchev–Trinajstić information content (AvgIpc) is 3.08. The third-order valence-electron chi connectivity index (χ3n) is 5.09. The van der Waals surface area contributed by atoms with Crippen LogP contribution in [0, 0.1) is 10.1 Å². The first kappa shape index (κ1) is 24.4. The third kappa shape index (κ3) is 4.89. The Morgan fingerprint density at radius 3 is 2.31 bits per heavy atom. The monoisotopic (exact) mass is 507 g/mol. The van der Waals surface area contributed by atoms with Crippen molar-refractivity contribution >= 4 is 46.4 Å². The molecule has 3 aromatic rings. The van der Waals surface area contributed by atoms with Crippen LogP contribution in [0.2, 0.25) is 0 Å². The first-order valence-electron chi connectivity index (χ1n) is 10.6. The molecule has 3 aromatic carbocycles. The summed E-state index contributed by atoms with van der Waals surface area (Å²) in [5.74, 6) is -1.72. The number of imide groups is 1. The molecule has 1 aliphatic heterocycles. The zero-order valence-electron chi connectivity index (χ0n) is 18.8. The van der Waals surface area contributed by atoms with Crippen LogP contribution in [0.1, 0.15) is 17.3 Å². The van der Waals surface area contributed by atoms with Gasteiger partial charge in [-0.3, -0.25) is 19.7 Å². The highest BCUT2D eigenvalue weighted by atomic mass is 35.5. The van der Waals surface area contributed by atoms with Gasteiger partial charge in [0.25, 0.3) is 11.8 Å². The molecule has 36 heavy (non-hydrogen) atoms. The number of amides is 2. The number of nitro groups is 1. The highest BCUT2D eigenvalue weighted by Crippen LogP contribution is 2.31. The van der Waals surface area contributed by atoms with Crippen molar-refractivity contribution < 1.29 is 28.8 Å². The molecule has 4 rings (SSSR count). The number of ether oxygens (including phenoxy) is 2. The zero-order valence-corrected chi connectivity index (χ0v) is 19.5. The SMILES string of the molecule is CCOc1ccc(N2C(=O)C(Cl)=C(Nc3ccc(C(=O)Oc4ccccc4[N+](=O)[O-])cc3)C2=O)cc1. The number of benzene rings is 3. The molecule has 1 aliphatic rings. The van der Waals surface area contributed by atoms with E-state index in [0.29, 0.717) is 23.7 Å². The molecule has 0 unspecified atom stereocenters. The van der Waals surface area contributed by atoms with Crippen molar-refractivity contribution in [3.8, 4) is 11.5 Å². The van der Waals surface area contributed by atoms with Crippen molar-refractivity contribution in [2.24, 2.45) is 0 Å². The first-order valence-corrected chi connectivity index (χ1v) is 11.0. The summed E-state index contributed by atoms with van der Waals surface area (Å²) in [5.41, 5.74) is 0.359. The summed E-state index contributed by atoms with van der Waals surface area (Å²) in [5, 5.41) is 13.6. The van der Waals surface area contributed by atoms with Crippen LogP contribution in [0.4, 0.5) is 17.1 Å². The van der Waals surface area contributed by atoms with E-state index < -0.39 is 22.7 Å². The van der Waals surface area contributed by atoms with Crippen molar-refractivity contribution in [3.05, 3.63) is 99.2 Å². The lowest BCUT2D eigenvalue weighted by Crippen LogP contribution is -2.32. The molecule has 11 heteroatoms. The van der Waals surface area contributed by atoms with E-state index in [4.69, 9.17) is 21.1 Å². The normalized spacial score (nSPS) is 13.1. The molecule has 0 aromatic heterocycles. The number of nitro benzene ring substituents is 1. The average molecular weight is 508 g/mol. The number of carbonyl (C=O) groups excluding carboxylic acids is 3. The van der Waals surface area contributed by atoms with Gasteiger partial charge in [-0.2, -0.15) is 0 Å². The van der Waals surface area contributed by atoms with Crippen molar-refractivity contribution in [1.29, 1.82) is 0 Å². The summed E-state index contributed by atoms with van der Waals surface area (Å²) in [7, 11) is 0. The number of para-hydroxylation sites is 2. The Morgan fingerprint density at radius 2 is 1.67 bits per heavy atom. The lowest BCUT2D eigenvalue weighted by molar-refractivity contribution is -0.385. The fourth-order valence-corrected chi connectivity index (χ4v) is 3.60. The van der Waals surface area contributed by atoms with Crippen LogP contribution < -0.4 is 19.7 Å². The maximum atomic E-state index is 12.9. The molecule has 0 fully saturated rings. The standard InChI is InChI=1S/C25H18ClN3O7/c1-2-35-18-13-11-17(12-14-18)28-23(30)21(26)22(24(28)31)27-16-9-7-15(8-10-16)25(32)36-20-6-4-3-5-19(20)29(33)34/h3-14,27H,2H2,1H3. The second kappa shape index (κ2) is 10.3. The maximum Gasteiger partial charge on any atom is 0.343 e. The summed E-state index contributed by atoms with van der Waals surface area (Å²) >= 11 is 6.16. The number of halogens is 1. The van der Waals surface area contributed by atoms with Crippen LogP contribution in [-0.2, 0) is 9.59 Å². The predicted octanol–water partition coefficient (Wildman–Crippen LogP) is 4.65. The molecule has 0 atom stereocenters. The number of nitrogens with zero attached hydrogens (tertiary/aromatic N) is 2. The van der Waals surface area contributed by atoms with E-state index >= 15 is 0 Å². The van der Waals surface area contributed by atoms with Crippen molar-refractivity contribution in [2.45, 2.75) is 6.92 Å². The minimum atomic E-state index is -0.804. The fraction of sp³-hybridized carbons (Fsp3) is 0.0800. The predicted molar refractivity (Wildman–Crippen MR) is 131 cm³/mol. The van der Waals surface area contributed by atoms with E-state index in [2.05, 4.69) is 5.32 Å². The second-order valence-electron chi connectivity index (χ2n) is 7.38.